The number of benzene rings is 1. The smallest absolute Gasteiger partial charge is 0.243 e. The number of aryl methyl sites for hydroxylation is 1. The Morgan fingerprint density at radius 2 is 2.17 bits per heavy atom. The van der Waals surface area contributed by atoms with E-state index in [9.17, 15) is 4.79 Å². The number of rotatable bonds is 4. The minimum absolute atomic E-state index is 0.0751. The summed E-state index contributed by atoms with van der Waals surface area (Å²) in [5.74, 6) is -0.0751. The third-order valence-electron chi connectivity index (χ3n) is 3.98. The predicted octanol–water partition coefficient (Wildman–Crippen LogP) is 3.11. The highest BCUT2D eigenvalue weighted by Gasteiger charge is 2.35. The summed E-state index contributed by atoms with van der Waals surface area (Å²) in [5, 5.41) is 2.98. The van der Waals surface area contributed by atoms with Crippen LogP contribution in [0.5, 0.6) is 0 Å². The van der Waals surface area contributed by atoms with Crippen molar-refractivity contribution in [3.8, 4) is 0 Å². The maximum Gasteiger partial charge on any atom is 0.243 e. The first-order valence-corrected chi connectivity index (χ1v) is 6.64. The van der Waals surface area contributed by atoms with Crippen LogP contribution in [0.3, 0.4) is 0 Å². The van der Waals surface area contributed by atoms with Crippen molar-refractivity contribution in [3.05, 3.63) is 48.0 Å². The molecule has 0 unspecified atom stereocenters. The fourth-order valence-electron chi connectivity index (χ4n) is 2.92. The molecule has 96 valence electrons. The van der Waals surface area contributed by atoms with Gasteiger partial charge in [-0.05, 0) is 31.4 Å². The second-order valence-electron chi connectivity index (χ2n) is 5.28. The highest BCUT2D eigenvalue weighted by molar-refractivity contribution is 5.86. The fraction of sp³-hybridized carbons (Fsp3) is 0.438. The minimum atomic E-state index is -0.0751. The molecular weight excluding hydrogens is 222 g/mol. The second-order valence-corrected chi connectivity index (χ2v) is 5.28. The van der Waals surface area contributed by atoms with E-state index in [2.05, 4.69) is 43.1 Å². The van der Waals surface area contributed by atoms with Crippen molar-refractivity contribution < 1.29 is 4.79 Å². The van der Waals surface area contributed by atoms with Gasteiger partial charge in [-0.3, -0.25) is 4.79 Å². The Kier molecular flexibility index (Phi) is 3.85. The molecule has 0 aromatic heterocycles. The van der Waals surface area contributed by atoms with Crippen LogP contribution < -0.4 is 5.32 Å². The van der Waals surface area contributed by atoms with Crippen molar-refractivity contribution in [1.29, 1.82) is 0 Å². The van der Waals surface area contributed by atoms with Gasteiger partial charge in [0.25, 0.3) is 0 Å². The van der Waals surface area contributed by atoms with Gasteiger partial charge in [0, 0.05) is 12.0 Å². The van der Waals surface area contributed by atoms with Crippen molar-refractivity contribution in [3.63, 3.8) is 0 Å². The summed E-state index contributed by atoms with van der Waals surface area (Å²) in [4.78, 5) is 11.4. The molecule has 1 aliphatic carbocycles. The summed E-state index contributed by atoms with van der Waals surface area (Å²) in [7, 11) is 0. The van der Waals surface area contributed by atoms with E-state index in [1.165, 1.54) is 30.0 Å². The maximum atomic E-state index is 11.4. The van der Waals surface area contributed by atoms with Gasteiger partial charge in [-0.1, -0.05) is 49.2 Å². The van der Waals surface area contributed by atoms with E-state index >= 15 is 0 Å². The Morgan fingerprint density at radius 1 is 1.44 bits per heavy atom. The Labute approximate surface area is 109 Å². The zero-order chi connectivity index (χ0) is 13.0. The van der Waals surface area contributed by atoms with Gasteiger partial charge >= 0.3 is 0 Å². The molecule has 1 fully saturated rings. The highest BCUT2D eigenvalue weighted by Crippen LogP contribution is 2.40. The van der Waals surface area contributed by atoms with Gasteiger partial charge in [-0.2, -0.15) is 0 Å². The van der Waals surface area contributed by atoms with Crippen LogP contribution in [0.2, 0.25) is 0 Å². The lowest BCUT2D eigenvalue weighted by molar-refractivity contribution is -0.116. The fourth-order valence-corrected chi connectivity index (χ4v) is 2.92. The number of nitrogens with one attached hydrogen (secondary N) is 1. The Balaban J connectivity index is 2.21. The van der Waals surface area contributed by atoms with E-state index in [0.717, 1.165) is 19.4 Å². The van der Waals surface area contributed by atoms with E-state index in [0.29, 0.717) is 0 Å². The third-order valence-corrected chi connectivity index (χ3v) is 3.98. The molecule has 1 saturated carbocycles. The van der Waals surface area contributed by atoms with E-state index in [4.69, 9.17) is 0 Å². The van der Waals surface area contributed by atoms with Gasteiger partial charge in [-0.15, -0.1) is 0 Å². The van der Waals surface area contributed by atoms with Gasteiger partial charge in [0.15, 0.2) is 0 Å². The zero-order valence-electron chi connectivity index (χ0n) is 11.0. The van der Waals surface area contributed by atoms with Crippen molar-refractivity contribution in [2.45, 2.75) is 38.0 Å². The van der Waals surface area contributed by atoms with Crippen molar-refractivity contribution in [1.82, 2.24) is 5.32 Å². The van der Waals surface area contributed by atoms with Gasteiger partial charge in [-0.25, -0.2) is 0 Å². The predicted molar refractivity (Wildman–Crippen MR) is 74.5 cm³/mol. The molecule has 0 saturated heterocycles. The summed E-state index contributed by atoms with van der Waals surface area (Å²) < 4.78 is 0. The van der Waals surface area contributed by atoms with E-state index in [1.54, 1.807) is 0 Å². The summed E-state index contributed by atoms with van der Waals surface area (Å²) >= 11 is 0. The lowest BCUT2D eigenvalue weighted by Gasteiger charge is -2.30. The number of carbonyl (C=O) groups excluding carboxylic acids is 1. The van der Waals surface area contributed by atoms with Crippen molar-refractivity contribution >= 4 is 5.91 Å². The molecule has 0 atom stereocenters. The molecule has 2 heteroatoms. The molecular formula is C16H21NO. The Bertz CT molecular complexity index is 444. The van der Waals surface area contributed by atoms with Crippen LogP contribution in [0.1, 0.15) is 36.8 Å². The van der Waals surface area contributed by atoms with Crippen LogP contribution >= 0.6 is 0 Å². The van der Waals surface area contributed by atoms with Crippen LogP contribution in [-0.4, -0.2) is 12.5 Å². The summed E-state index contributed by atoms with van der Waals surface area (Å²) in [6.07, 6.45) is 6.16. The van der Waals surface area contributed by atoms with Gasteiger partial charge in [0.05, 0.1) is 0 Å². The Hall–Kier alpha value is -1.57. The SMILES string of the molecule is C=CC(=O)NCC1(c2cccc(C)c2)CCCC1. The quantitative estimate of drug-likeness (QED) is 0.809. The van der Waals surface area contributed by atoms with Crippen molar-refractivity contribution in [2.24, 2.45) is 0 Å². The average Bonchev–Trinajstić information content (AvgIpc) is 2.86. The van der Waals surface area contributed by atoms with Crippen LogP contribution in [0, 0.1) is 6.92 Å². The van der Waals surface area contributed by atoms with Crippen LogP contribution in [0.4, 0.5) is 0 Å². The average molecular weight is 243 g/mol. The summed E-state index contributed by atoms with van der Waals surface area (Å²) in [5.41, 5.74) is 2.78. The molecule has 2 nitrogen and oxygen atoms in total. The second kappa shape index (κ2) is 5.38. The summed E-state index contributed by atoms with van der Waals surface area (Å²) in [6, 6.07) is 8.68. The first-order valence-electron chi connectivity index (χ1n) is 6.64. The minimum Gasteiger partial charge on any atom is -0.352 e. The van der Waals surface area contributed by atoms with Crippen LogP contribution in [0.15, 0.2) is 36.9 Å². The number of carbonyl (C=O) groups is 1. The van der Waals surface area contributed by atoms with E-state index in [-0.39, 0.29) is 11.3 Å². The molecule has 0 heterocycles. The maximum absolute atomic E-state index is 11.4. The first kappa shape index (κ1) is 12.9. The molecule has 1 N–H and O–H groups in total. The third kappa shape index (κ3) is 2.63. The molecule has 0 aliphatic heterocycles. The van der Waals surface area contributed by atoms with E-state index < -0.39 is 0 Å². The molecule has 1 aliphatic rings. The topological polar surface area (TPSA) is 29.1 Å². The van der Waals surface area contributed by atoms with Gasteiger partial charge in [0.1, 0.15) is 0 Å². The molecule has 1 aromatic rings. The standard InChI is InChI=1S/C16H21NO/c1-3-15(18)17-12-16(9-4-5-10-16)14-8-6-7-13(2)11-14/h3,6-8,11H,1,4-5,9-10,12H2,2H3,(H,17,18). The van der Waals surface area contributed by atoms with Gasteiger partial charge < -0.3 is 5.32 Å². The van der Waals surface area contributed by atoms with Crippen molar-refractivity contribution in [2.75, 3.05) is 6.54 Å². The van der Waals surface area contributed by atoms with Crippen LogP contribution in [-0.2, 0) is 10.2 Å². The number of hydrogen-bond acceptors (Lipinski definition) is 1. The molecule has 0 spiro atoms. The number of hydrogen-bond donors (Lipinski definition) is 1. The summed E-state index contributed by atoms with van der Waals surface area (Å²) in [6.45, 7) is 6.35. The molecule has 1 aromatic carbocycles. The largest absolute Gasteiger partial charge is 0.352 e. The lowest BCUT2D eigenvalue weighted by atomic mass is 9.78. The zero-order valence-corrected chi connectivity index (χ0v) is 11.0. The molecule has 2 rings (SSSR count). The first-order chi connectivity index (χ1) is 8.66. The molecule has 1 amide bonds. The highest BCUT2D eigenvalue weighted by atomic mass is 16.1. The molecule has 0 radical (unpaired) electrons. The normalized spacial score (nSPS) is 17.4. The van der Waals surface area contributed by atoms with E-state index in [1.807, 2.05) is 0 Å². The lowest BCUT2D eigenvalue weighted by Crippen LogP contribution is -2.38. The molecule has 0 bridgehead atoms. The monoisotopic (exact) mass is 243 g/mol. The Morgan fingerprint density at radius 3 is 2.78 bits per heavy atom. The van der Waals surface area contributed by atoms with Crippen LogP contribution in [0.25, 0.3) is 0 Å². The van der Waals surface area contributed by atoms with Gasteiger partial charge in [0.2, 0.25) is 5.91 Å². The number of amides is 1. The molecule has 18 heavy (non-hydrogen) atoms.